The molecule has 3 aromatic heterocycles. The lowest BCUT2D eigenvalue weighted by Gasteiger charge is -2.47. The zero-order valence-corrected chi connectivity index (χ0v) is 23.9. The van der Waals surface area contributed by atoms with E-state index in [1.807, 2.05) is 11.8 Å². The number of halogens is 2. The van der Waals surface area contributed by atoms with Crippen LogP contribution < -0.4 is 14.4 Å². The van der Waals surface area contributed by atoms with Crippen LogP contribution in [0, 0.1) is 5.41 Å². The predicted molar refractivity (Wildman–Crippen MR) is 148 cm³/mol. The second kappa shape index (κ2) is 9.59. The average Bonchev–Trinajstić information content (AvgIpc) is 3.23. The van der Waals surface area contributed by atoms with Crippen LogP contribution >= 0.6 is 23.2 Å². The summed E-state index contributed by atoms with van der Waals surface area (Å²) in [5.74, 6) is 1.38. The highest BCUT2D eigenvalue weighted by Gasteiger charge is 2.37. The molecule has 0 saturated carbocycles. The fourth-order valence-electron chi connectivity index (χ4n) is 4.77. The summed E-state index contributed by atoms with van der Waals surface area (Å²) in [7, 11) is -2.01. The topological polar surface area (TPSA) is 110 Å². The summed E-state index contributed by atoms with van der Waals surface area (Å²) in [6, 6.07) is 5.19. The van der Waals surface area contributed by atoms with Gasteiger partial charge >= 0.3 is 0 Å². The van der Waals surface area contributed by atoms with Crippen molar-refractivity contribution in [1.29, 1.82) is 0 Å². The second-order valence-corrected chi connectivity index (χ2v) is 13.0. The van der Waals surface area contributed by atoms with E-state index in [-0.39, 0.29) is 10.3 Å². The van der Waals surface area contributed by atoms with Crippen molar-refractivity contribution in [3.63, 3.8) is 0 Å². The Balaban J connectivity index is 1.57. The summed E-state index contributed by atoms with van der Waals surface area (Å²) >= 11 is 12.7. The van der Waals surface area contributed by atoms with Crippen LogP contribution in [0.15, 0.2) is 41.7 Å². The van der Waals surface area contributed by atoms with Crippen LogP contribution in [0.4, 0.5) is 5.82 Å². The van der Waals surface area contributed by atoms with Crippen LogP contribution in [0.3, 0.4) is 0 Å². The molecule has 0 spiro atoms. The quantitative estimate of drug-likeness (QED) is 0.297. The van der Waals surface area contributed by atoms with Gasteiger partial charge in [0.15, 0.2) is 21.3 Å². The number of hydrogen-bond acceptors (Lipinski definition) is 8. The Kier molecular flexibility index (Phi) is 6.69. The summed E-state index contributed by atoms with van der Waals surface area (Å²) in [6.45, 7) is 7.57. The molecule has 1 unspecified atom stereocenters. The number of aromatic amines is 1. The fraction of sp³-hybridized carbons (Fsp3) is 0.346. The summed E-state index contributed by atoms with van der Waals surface area (Å²) in [4.78, 5) is 10.7. The van der Waals surface area contributed by atoms with Gasteiger partial charge in [0.05, 0.1) is 22.7 Å². The van der Waals surface area contributed by atoms with E-state index in [1.165, 1.54) is 18.6 Å². The number of nitrogens with zero attached hydrogens (tertiary/aromatic N) is 4. The SMILES string of the molecule is COc1cc2[nH]nc(-c3cnc(N4CC(C)(C)C4)c(S(C)(=O)=O)c3)c2cc1OC(C)c1c(Cl)cncc1Cl. The van der Waals surface area contributed by atoms with Crippen LogP contribution in [-0.4, -0.2) is 55.0 Å². The van der Waals surface area contributed by atoms with E-state index in [4.69, 9.17) is 32.7 Å². The molecule has 0 amide bonds. The molecule has 1 N–H and O–H groups in total. The van der Waals surface area contributed by atoms with Crippen LogP contribution in [-0.2, 0) is 9.84 Å². The van der Waals surface area contributed by atoms with Gasteiger partial charge in [0.1, 0.15) is 22.5 Å². The Labute approximate surface area is 231 Å². The van der Waals surface area contributed by atoms with E-state index in [2.05, 4.69) is 34.0 Å². The lowest BCUT2D eigenvalue weighted by Crippen LogP contribution is -2.53. The van der Waals surface area contributed by atoms with Crippen LogP contribution in [0.1, 0.15) is 32.4 Å². The zero-order valence-electron chi connectivity index (χ0n) is 21.5. The van der Waals surface area contributed by atoms with Gasteiger partial charge in [-0.05, 0) is 24.5 Å². The third-order valence-electron chi connectivity index (χ3n) is 6.49. The number of hydrogen-bond donors (Lipinski definition) is 1. The van der Waals surface area contributed by atoms with Crippen molar-refractivity contribution < 1.29 is 17.9 Å². The predicted octanol–water partition coefficient (Wildman–Crippen LogP) is 5.73. The van der Waals surface area contributed by atoms with Crippen molar-refractivity contribution in [1.82, 2.24) is 20.2 Å². The van der Waals surface area contributed by atoms with Gasteiger partial charge in [0, 0.05) is 60.5 Å². The summed E-state index contributed by atoms with van der Waals surface area (Å²) in [5.41, 5.74) is 2.50. The van der Waals surface area contributed by atoms with Crippen molar-refractivity contribution >= 4 is 49.8 Å². The summed E-state index contributed by atoms with van der Waals surface area (Å²) in [5, 5.41) is 8.95. The molecule has 1 aliphatic heterocycles. The van der Waals surface area contributed by atoms with E-state index in [0.29, 0.717) is 55.1 Å². The molecule has 1 saturated heterocycles. The maximum Gasteiger partial charge on any atom is 0.179 e. The van der Waals surface area contributed by atoms with Crippen LogP contribution in [0.25, 0.3) is 22.2 Å². The molecular weight excluding hydrogens is 549 g/mol. The van der Waals surface area contributed by atoms with Crippen molar-refractivity contribution in [3.8, 4) is 22.8 Å². The first kappa shape index (κ1) is 26.5. The first-order chi connectivity index (χ1) is 17.9. The number of methoxy groups -OCH3 is 1. The smallest absolute Gasteiger partial charge is 0.179 e. The first-order valence-electron chi connectivity index (χ1n) is 11.8. The molecule has 1 aromatic carbocycles. The van der Waals surface area contributed by atoms with E-state index in [1.54, 1.807) is 31.5 Å². The number of H-pyrrole nitrogens is 1. The first-order valence-corrected chi connectivity index (χ1v) is 14.5. The fourth-order valence-corrected chi connectivity index (χ4v) is 6.30. The van der Waals surface area contributed by atoms with E-state index in [9.17, 15) is 8.42 Å². The molecule has 1 atom stereocenters. The molecular formula is C26H27Cl2N5O4S. The Morgan fingerprint density at radius 2 is 1.76 bits per heavy atom. The minimum absolute atomic E-state index is 0.116. The number of fused-ring (bicyclic) bond motifs is 1. The monoisotopic (exact) mass is 575 g/mol. The molecule has 0 bridgehead atoms. The minimum atomic E-state index is -3.55. The number of benzene rings is 1. The van der Waals surface area contributed by atoms with Gasteiger partial charge in [-0.1, -0.05) is 37.0 Å². The van der Waals surface area contributed by atoms with Crippen molar-refractivity contribution in [2.75, 3.05) is 31.4 Å². The Morgan fingerprint density at radius 3 is 2.37 bits per heavy atom. The Morgan fingerprint density at radius 1 is 1.08 bits per heavy atom. The van der Waals surface area contributed by atoms with Gasteiger partial charge in [-0.25, -0.2) is 13.4 Å². The maximum absolute atomic E-state index is 12.7. The Hall–Kier alpha value is -3.08. The standard InChI is InChI=1S/C26H27Cl2N5O4S/c1-14(23-17(27)10-29-11-18(23)28)37-21-7-16-19(8-20(21)36-4)31-32-24(16)15-6-22(38(5,34)35)25(30-9-15)33-12-26(2,3)13-33/h6-11,14H,12-13H2,1-5H3,(H,31,32). The Bertz CT molecular complexity index is 1630. The normalized spacial score (nSPS) is 15.8. The van der Waals surface area contributed by atoms with Crippen LogP contribution in [0.2, 0.25) is 10.0 Å². The van der Waals surface area contributed by atoms with Gasteiger partial charge in [-0.15, -0.1) is 0 Å². The highest BCUT2D eigenvalue weighted by molar-refractivity contribution is 7.90. The van der Waals surface area contributed by atoms with Gasteiger partial charge in [0.25, 0.3) is 0 Å². The molecule has 200 valence electrons. The molecule has 9 nitrogen and oxygen atoms in total. The third kappa shape index (κ3) is 4.88. The molecule has 0 radical (unpaired) electrons. The zero-order chi connectivity index (χ0) is 27.4. The average molecular weight is 577 g/mol. The number of aromatic nitrogens is 4. The molecule has 12 heteroatoms. The number of anilines is 1. The lowest BCUT2D eigenvalue weighted by atomic mass is 9.84. The molecule has 4 heterocycles. The van der Waals surface area contributed by atoms with E-state index >= 15 is 0 Å². The second-order valence-electron chi connectivity index (χ2n) is 10.2. The lowest BCUT2D eigenvalue weighted by molar-refractivity contribution is 0.216. The van der Waals surface area contributed by atoms with Crippen molar-refractivity contribution in [3.05, 3.63) is 52.4 Å². The molecule has 1 aliphatic rings. The van der Waals surface area contributed by atoms with Crippen molar-refractivity contribution in [2.24, 2.45) is 5.41 Å². The van der Waals surface area contributed by atoms with E-state index in [0.717, 1.165) is 13.1 Å². The number of ether oxygens (including phenoxy) is 2. The summed E-state index contributed by atoms with van der Waals surface area (Å²) < 4.78 is 37.3. The van der Waals surface area contributed by atoms with E-state index < -0.39 is 15.9 Å². The van der Waals surface area contributed by atoms with Gasteiger partial charge in [0.2, 0.25) is 0 Å². The van der Waals surface area contributed by atoms with Crippen molar-refractivity contribution in [2.45, 2.75) is 31.8 Å². The van der Waals surface area contributed by atoms with Gasteiger partial charge < -0.3 is 14.4 Å². The minimum Gasteiger partial charge on any atom is -0.493 e. The molecule has 38 heavy (non-hydrogen) atoms. The van der Waals surface area contributed by atoms with Gasteiger partial charge in [-0.3, -0.25) is 10.1 Å². The largest absolute Gasteiger partial charge is 0.493 e. The molecule has 5 rings (SSSR count). The number of nitrogens with one attached hydrogen (secondary N) is 1. The number of sulfone groups is 1. The number of pyridine rings is 2. The molecule has 4 aromatic rings. The third-order valence-corrected chi connectivity index (χ3v) is 8.19. The van der Waals surface area contributed by atoms with Crippen LogP contribution in [0.5, 0.6) is 11.5 Å². The highest BCUT2D eigenvalue weighted by atomic mass is 35.5. The maximum atomic E-state index is 12.7. The highest BCUT2D eigenvalue weighted by Crippen LogP contribution is 2.41. The molecule has 0 aliphatic carbocycles. The van der Waals surface area contributed by atoms with Gasteiger partial charge in [-0.2, -0.15) is 5.10 Å². The number of rotatable bonds is 7. The summed E-state index contributed by atoms with van der Waals surface area (Å²) in [6.07, 6.45) is 5.34. The molecule has 1 fully saturated rings.